The molecule has 3 rings (SSSR count). The molecule has 0 aromatic heterocycles. The number of rotatable bonds is 5. The van der Waals surface area contributed by atoms with E-state index in [1.54, 1.807) is 36.4 Å². The van der Waals surface area contributed by atoms with Crippen molar-refractivity contribution in [1.29, 1.82) is 0 Å². The number of carbonyl (C=O) groups is 1. The van der Waals surface area contributed by atoms with Gasteiger partial charge in [0.2, 0.25) is 10.0 Å². The van der Waals surface area contributed by atoms with E-state index in [0.717, 1.165) is 11.1 Å². The fourth-order valence-corrected chi connectivity index (χ4v) is 4.79. The molecule has 2 aromatic rings. The molecule has 0 radical (unpaired) electrons. The number of aryl methyl sites for hydroxylation is 2. The van der Waals surface area contributed by atoms with Crippen molar-refractivity contribution in [1.82, 2.24) is 4.31 Å². The third kappa shape index (κ3) is 4.42. The van der Waals surface area contributed by atoms with E-state index in [2.05, 4.69) is 0 Å². The van der Waals surface area contributed by atoms with Crippen LogP contribution in [0.2, 0.25) is 0 Å². The molecule has 28 heavy (non-hydrogen) atoms. The molecule has 5 nitrogen and oxygen atoms in total. The number of esters is 1. The van der Waals surface area contributed by atoms with E-state index in [1.807, 2.05) is 13.8 Å². The first-order chi connectivity index (χ1) is 13.3. The molecule has 1 fully saturated rings. The second-order valence-corrected chi connectivity index (χ2v) is 9.06. The summed E-state index contributed by atoms with van der Waals surface area (Å²) in [6.07, 6.45) is 0.778. The summed E-state index contributed by atoms with van der Waals surface area (Å²) in [6, 6.07) is 11.2. The van der Waals surface area contributed by atoms with Gasteiger partial charge in [0.15, 0.2) is 0 Å². The molecule has 2 aromatic carbocycles. The SMILES string of the molecule is Cc1ccc(S(=O)(=O)N2CCC(C(=O)OCc3ccccc3F)CC2)cc1C. The minimum absolute atomic E-state index is 0.118. The van der Waals surface area contributed by atoms with Crippen molar-refractivity contribution in [3.8, 4) is 0 Å². The Morgan fingerprint density at radius 3 is 2.43 bits per heavy atom. The molecule has 0 bridgehead atoms. The Kier molecular flexibility index (Phi) is 6.15. The molecule has 0 N–H and O–H groups in total. The van der Waals surface area contributed by atoms with Crippen LogP contribution in [0.4, 0.5) is 4.39 Å². The van der Waals surface area contributed by atoms with Crippen LogP contribution in [-0.2, 0) is 26.2 Å². The molecule has 1 aliphatic heterocycles. The van der Waals surface area contributed by atoms with Gasteiger partial charge in [-0.2, -0.15) is 4.31 Å². The van der Waals surface area contributed by atoms with Crippen LogP contribution in [0.1, 0.15) is 29.5 Å². The summed E-state index contributed by atoms with van der Waals surface area (Å²) in [5.41, 5.74) is 2.29. The zero-order valence-electron chi connectivity index (χ0n) is 16.0. The Labute approximate surface area is 165 Å². The number of halogens is 1. The van der Waals surface area contributed by atoms with Crippen LogP contribution in [0.25, 0.3) is 0 Å². The minimum Gasteiger partial charge on any atom is -0.460 e. The van der Waals surface area contributed by atoms with Gasteiger partial charge in [0, 0.05) is 18.7 Å². The summed E-state index contributed by atoms with van der Waals surface area (Å²) >= 11 is 0. The van der Waals surface area contributed by atoms with Crippen LogP contribution in [0.3, 0.4) is 0 Å². The first kappa shape index (κ1) is 20.5. The van der Waals surface area contributed by atoms with Gasteiger partial charge < -0.3 is 4.74 Å². The fourth-order valence-electron chi connectivity index (χ4n) is 3.24. The molecule has 0 aliphatic carbocycles. The highest BCUT2D eigenvalue weighted by Gasteiger charge is 2.33. The summed E-state index contributed by atoms with van der Waals surface area (Å²) in [6.45, 7) is 4.21. The summed E-state index contributed by atoms with van der Waals surface area (Å²) < 4.78 is 46.0. The van der Waals surface area contributed by atoms with Crippen LogP contribution < -0.4 is 0 Å². The van der Waals surface area contributed by atoms with Crippen molar-refractivity contribution < 1.29 is 22.3 Å². The third-order valence-corrected chi connectivity index (χ3v) is 7.13. The van der Waals surface area contributed by atoms with Crippen molar-refractivity contribution in [2.24, 2.45) is 5.92 Å². The lowest BCUT2D eigenvalue weighted by molar-refractivity contribution is -0.151. The zero-order chi connectivity index (χ0) is 20.3. The third-order valence-electron chi connectivity index (χ3n) is 5.23. The Morgan fingerprint density at radius 2 is 1.79 bits per heavy atom. The highest BCUT2D eigenvalue weighted by atomic mass is 32.2. The standard InChI is InChI=1S/C21H24FNO4S/c1-15-7-8-19(13-16(15)2)28(25,26)23-11-9-17(10-12-23)21(24)27-14-18-5-3-4-6-20(18)22/h3-8,13,17H,9-12,14H2,1-2H3. The number of ether oxygens (including phenoxy) is 1. The van der Waals surface area contributed by atoms with Crippen LogP contribution in [0.15, 0.2) is 47.4 Å². The molecular weight excluding hydrogens is 381 g/mol. The van der Waals surface area contributed by atoms with E-state index in [4.69, 9.17) is 4.74 Å². The highest BCUT2D eigenvalue weighted by molar-refractivity contribution is 7.89. The molecule has 0 unspecified atom stereocenters. The van der Waals surface area contributed by atoms with Gasteiger partial charge in [-0.15, -0.1) is 0 Å². The molecule has 0 atom stereocenters. The van der Waals surface area contributed by atoms with Gasteiger partial charge in [0.25, 0.3) is 0 Å². The monoisotopic (exact) mass is 405 g/mol. The predicted octanol–water partition coefficient (Wildman–Crippen LogP) is 3.59. The van der Waals surface area contributed by atoms with Gasteiger partial charge in [-0.3, -0.25) is 4.79 Å². The molecule has 150 valence electrons. The Morgan fingerprint density at radius 1 is 1.11 bits per heavy atom. The average Bonchev–Trinajstić information content (AvgIpc) is 2.69. The lowest BCUT2D eigenvalue weighted by atomic mass is 9.98. The van der Waals surface area contributed by atoms with Crippen molar-refractivity contribution in [2.45, 2.75) is 38.2 Å². The maximum absolute atomic E-state index is 13.6. The molecular formula is C21H24FNO4S. The number of hydrogen-bond donors (Lipinski definition) is 0. The maximum atomic E-state index is 13.6. The number of piperidine rings is 1. The Balaban J connectivity index is 1.58. The van der Waals surface area contributed by atoms with E-state index in [9.17, 15) is 17.6 Å². The molecule has 1 heterocycles. The van der Waals surface area contributed by atoms with Crippen LogP contribution in [0, 0.1) is 25.6 Å². The number of sulfonamides is 1. The summed E-state index contributed by atoms with van der Waals surface area (Å²) in [4.78, 5) is 12.6. The summed E-state index contributed by atoms with van der Waals surface area (Å²) in [5, 5.41) is 0. The average molecular weight is 405 g/mol. The zero-order valence-corrected chi connectivity index (χ0v) is 16.8. The van der Waals surface area contributed by atoms with E-state index >= 15 is 0 Å². The maximum Gasteiger partial charge on any atom is 0.309 e. The molecule has 0 amide bonds. The van der Waals surface area contributed by atoms with Gasteiger partial charge in [-0.05, 0) is 56.0 Å². The lowest BCUT2D eigenvalue weighted by Gasteiger charge is -2.30. The fraction of sp³-hybridized carbons (Fsp3) is 0.381. The van der Waals surface area contributed by atoms with Crippen molar-refractivity contribution in [3.63, 3.8) is 0 Å². The topological polar surface area (TPSA) is 63.7 Å². The Bertz CT molecular complexity index is 966. The van der Waals surface area contributed by atoms with E-state index in [0.29, 0.717) is 18.4 Å². The van der Waals surface area contributed by atoms with Crippen LogP contribution >= 0.6 is 0 Å². The van der Waals surface area contributed by atoms with Crippen LogP contribution in [0.5, 0.6) is 0 Å². The lowest BCUT2D eigenvalue weighted by Crippen LogP contribution is -2.40. The largest absolute Gasteiger partial charge is 0.460 e. The predicted molar refractivity (Wildman–Crippen MR) is 104 cm³/mol. The van der Waals surface area contributed by atoms with Gasteiger partial charge in [-0.25, -0.2) is 12.8 Å². The number of carbonyl (C=O) groups excluding carboxylic acids is 1. The molecule has 1 aliphatic rings. The number of hydrogen-bond acceptors (Lipinski definition) is 4. The van der Waals surface area contributed by atoms with Gasteiger partial charge >= 0.3 is 5.97 Å². The molecule has 0 spiro atoms. The van der Waals surface area contributed by atoms with E-state index in [-0.39, 0.29) is 30.5 Å². The second kappa shape index (κ2) is 8.41. The van der Waals surface area contributed by atoms with Gasteiger partial charge in [0.1, 0.15) is 12.4 Å². The van der Waals surface area contributed by atoms with Gasteiger partial charge in [-0.1, -0.05) is 24.3 Å². The second-order valence-electron chi connectivity index (χ2n) is 7.12. The Hall–Kier alpha value is -2.25. The molecule has 0 saturated carbocycles. The normalized spacial score (nSPS) is 16.1. The van der Waals surface area contributed by atoms with Crippen molar-refractivity contribution in [2.75, 3.05) is 13.1 Å². The summed E-state index contributed by atoms with van der Waals surface area (Å²) in [5.74, 6) is -1.20. The minimum atomic E-state index is -3.58. The van der Waals surface area contributed by atoms with Crippen molar-refractivity contribution >= 4 is 16.0 Å². The highest BCUT2D eigenvalue weighted by Crippen LogP contribution is 2.26. The summed E-state index contributed by atoms with van der Waals surface area (Å²) in [7, 11) is -3.58. The van der Waals surface area contributed by atoms with E-state index in [1.165, 1.54) is 10.4 Å². The van der Waals surface area contributed by atoms with Crippen molar-refractivity contribution in [3.05, 3.63) is 65.0 Å². The van der Waals surface area contributed by atoms with E-state index < -0.39 is 21.8 Å². The number of nitrogens with zero attached hydrogens (tertiary/aromatic N) is 1. The first-order valence-corrected chi connectivity index (χ1v) is 10.7. The number of benzene rings is 2. The van der Waals surface area contributed by atoms with Crippen LogP contribution in [-0.4, -0.2) is 31.8 Å². The molecule has 1 saturated heterocycles. The molecule has 7 heteroatoms. The smallest absolute Gasteiger partial charge is 0.309 e. The quantitative estimate of drug-likeness (QED) is 0.713. The first-order valence-electron chi connectivity index (χ1n) is 9.26. The van der Waals surface area contributed by atoms with Gasteiger partial charge in [0.05, 0.1) is 10.8 Å².